The first-order valence-corrected chi connectivity index (χ1v) is 9.73. The standard InChI is InChI=1S/C20H15F4N7O/c21-11-7-26-18(27-8-11)12-6-16(25-9-13(12)20(22,23)24)29-19(32)15-5-10-4-14(10)31(15)17-2-1-3-28-30-17/h1-3,6-10,14-15H,4-5H2,(H,25,29,32). The van der Waals surface area contributed by atoms with Gasteiger partial charge in [-0.05, 0) is 37.0 Å². The van der Waals surface area contributed by atoms with Crippen molar-refractivity contribution < 1.29 is 22.4 Å². The molecular formula is C20H15F4N7O. The van der Waals surface area contributed by atoms with Crippen LogP contribution in [0.25, 0.3) is 11.4 Å². The average Bonchev–Trinajstić information content (AvgIpc) is 3.43. The minimum absolute atomic E-state index is 0.0920. The van der Waals surface area contributed by atoms with E-state index in [-0.39, 0.29) is 17.7 Å². The van der Waals surface area contributed by atoms with Gasteiger partial charge in [-0.15, -0.1) is 5.10 Å². The molecule has 3 aromatic heterocycles. The van der Waals surface area contributed by atoms with Crippen LogP contribution in [0.3, 0.4) is 0 Å². The number of pyridine rings is 1. The van der Waals surface area contributed by atoms with Gasteiger partial charge in [0.15, 0.2) is 17.5 Å². The topological polar surface area (TPSA) is 96.8 Å². The van der Waals surface area contributed by atoms with E-state index in [0.29, 0.717) is 24.4 Å². The van der Waals surface area contributed by atoms with E-state index in [1.807, 2.05) is 4.90 Å². The molecule has 3 aromatic rings. The molecule has 1 saturated heterocycles. The molecule has 0 aromatic carbocycles. The van der Waals surface area contributed by atoms with Crippen molar-refractivity contribution in [2.75, 3.05) is 10.2 Å². The Balaban J connectivity index is 1.43. The third-order valence-corrected chi connectivity index (χ3v) is 5.55. The summed E-state index contributed by atoms with van der Waals surface area (Å²) in [6.07, 6.45) is 0.481. The zero-order valence-corrected chi connectivity index (χ0v) is 16.3. The van der Waals surface area contributed by atoms with E-state index in [9.17, 15) is 22.4 Å². The van der Waals surface area contributed by atoms with Crippen LogP contribution < -0.4 is 10.2 Å². The second-order valence-corrected chi connectivity index (χ2v) is 7.63. The number of hydrogen-bond acceptors (Lipinski definition) is 7. The van der Waals surface area contributed by atoms with Crippen molar-refractivity contribution in [2.24, 2.45) is 5.92 Å². The maximum atomic E-state index is 13.5. The molecular weight excluding hydrogens is 430 g/mol. The lowest BCUT2D eigenvalue weighted by Gasteiger charge is -2.27. The smallest absolute Gasteiger partial charge is 0.340 e. The van der Waals surface area contributed by atoms with E-state index >= 15 is 0 Å². The Morgan fingerprint density at radius 2 is 1.91 bits per heavy atom. The highest BCUT2D eigenvalue weighted by molar-refractivity contribution is 5.97. The van der Waals surface area contributed by atoms with Gasteiger partial charge in [-0.25, -0.2) is 19.3 Å². The molecule has 1 aliphatic carbocycles. The lowest BCUT2D eigenvalue weighted by Crippen LogP contribution is -2.42. The third-order valence-electron chi connectivity index (χ3n) is 5.55. The quantitative estimate of drug-likeness (QED) is 0.617. The largest absolute Gasteiger partial charge is 0.418 e. The van der Waals surface area contributed by atoms with Crippen LogP contribution in [0.2, 0.25) is 0 Å². The van der Waals surface area contributed by atoms with Crippen LogP contribution in [0, 0.1) is 11.7 Å². The normalized spacial score (nSPS) is 21.9. The van der Waals surface area contributed by atoms with Crippen LogP contribution in [-0.2, 0) is 11.0 Å². The van der Waals surface area contributed by atoms with Crippen LogP contribution in [0.4, 0.5) is 29.2 Å². The van der Waals surface area contributed by atoms with Gasteiger partial charge in [-0.3, -0.25) is 4.79 Å². The second kappa shape index (κ2) is 7.46. The van der Waals surface area contributed by atoms with Gasteiger partial charge in [-0.1, -0.05) is 0 Å². The van der Waals surface area contributed by atoms with E-state index < -0.39 is 35.1 Å². The van der Waals surface area contributed by atoms with E-state index in [1.54, 1.807) is 12.1 Å². The van der Waals surface area contributed by atoms with Crippen molar-refractivity contribution in [1.29, 1.82) is 0 Å². The van der Waals surface area contributed by atoms with E-state index in [1.165, 1.54) is 6.20 Å². The Hall–Kier alpha value is -3.70. The summed E-state index contributed by atoms with van der Waals surface area (Å²) in [4.78, 5) is 25.9. The van der Waals surface area contributed by atoms with Crippen LogP contribution >= 0.6 is 0 Å². The molecule has 2 fully saturated rings. The van der Waals surface area contributed by atoms with Gasteiger partial charge >= 0.3 is 6.18 Å². The summed E-state index contributed by atoms with van der Waals surface area (Å²) in [6, 6.07) is 4.15. The van der Waals surface area contributed by atoms with Crippen molar-refractivity contribution in [1.82, 2.24) is 25.1 Å². The van der Waals surface area contributed by atoms with Gasteiger partial charge in [0.2, 0.25) is 5.91 Å². The molecule has 4 heterocycles. The predicted octanol–water partition coefficient (Wildman–Crippen LogP) is 3.09. The predicted molar refractivity (Wildman–Crippen MR) is 104 cm³/mol. The number of anilines is 2. The molecule has 3 atom stereocenters. The highest BCUT2D eigenvalue weighted by atomic mass is 19.4. The number of rotatable bonds is 4. The number of hydrogen-bond donors (Lipinski definition) is 1. The van der Waals surface area contributed by atoms with Gasteiger partial charge in [-0.2, -0.15) is 18.3 Å². The second-order valence-electron chi connectivity index (χ2n) is 7.63. The monoisotopic (exact) mass is 445 g/mol. The summed E-state index contributed by atoms with van der Waals surface area (Å²) in [6.45, 7) is 0. The number of alkyl halides is 3. The van der Waals surface area contributed by atoms with E-state index in [0.717, 1.165) is 24.9 Å². The molecule has 5 rings (SSSR count). The third kappa shape index (κ3) is 3.72. The van der Waals surface area contributed by atoms with Gasteiger partial charge in [0.05, 0.1) is 18.0 Å². The zero-order valence-electron chi connectivity index (χ0n) is 16.3. The highest BCUT2D eigenvalue weighted by Gasteiger charge is 2.54. The summed E-state index contributed by atoms with van der Waals surface area (Å²) in [5.41, 5.74) is -1.51. The van der Waals surface area contributed by atoms with Crippen molar-refractivity contribution in [3.63, 3.8) is 0 Å². The number of fused-ring (bicyclic) bond motifs is 1. The molecule has 164 valence electrons. The van der Waals surface area contributed by atoms with Gasteiger partial charge in [0, 0.05) is 24.0 Å². The number of aromatic nitrogens is 5. The fourth-order valence-electron chi connectivity index (χ4n) is 4.05. The highest BCUT2D eigenvalue weighted by Crippen LogP contribution is 2.49. The summed E-state index contributed by atoms with van der Waals surface area (Å²) in [7, 11) is 0. The lowest BCUT2D eigenvalue weighted by atomic mass is 10.1. The average molecular weight is 445 g/mol. The molecule has 0 spiro atoms. The Bertz CT molecular complexity index is 1160. The summed E-state index contributed by atoms with van der Waals surface area (Å²) >= 11 is 0. The maximum absolute atomic E-state index is 13.5. The SMILES string of the molecule is O=C(Nc1cc(-c2ncc(F)cn2)c(C(F)(F)F)cn1)C1CC2CC2N1c1cccnn1. The first-order valence-electron chi connectivity index (χ1n) is 9.73. The van der Waals surface area contributed by atoms with Gasteiger partial charge in [0.1, 0.15) is 11.9 Å². The lowest BCUT2D eigenvalue weighted by molar-refractivity contribution is -0.137. The Morgan fingerprint density at radius 1 is 1.12 bits per heavy atom. The number of carbonyl (C=O) groups excluding carboxylic acids is 1. The molecule has 8 nitrogen and oxygen atoms in total. The van der Waals surface area contributed by atoms with Crippen molar-refractivity contribution in [3.05, 3.63) is 54.4 Å². The van der Waals surface area contributed by atoms with E-state index in [4.69, 9.17) is 0 Å². The molecule has 3 unspecified atom stereocenters. The maximum Gasteiger partial charge on any atom is 0.418 e. The first kappa shape index (κ1) is 20.2. The number of amides is 1. The van der Waals surface area contributed by atoms with Gasteiger partial charge in [0.25, 0.3) is 0 Å². The number of nitrogens with one attached hydrogen (secondary N) is 1. The molecule has 1 saturated carbocycles. The molecule has 32 heavy (non-hydrogen) atoms. The molecule has 1 aliphatic heterocycles. The zero-order chi connectivity index (χ0) is 22.5. The number of halogens is 4. The Morgan fingerprint density at radius 3 is 2.59 bits per heavy atom. The van der Waals surface area contributed by atoms with Crippen LogP contribution in [0.5, 0.6) is 0 Å². The van der Waals surface area contributed by atoms with Crippen molar-refractivity contribution in [3.8, 4) is 11.4 Å². The fourth-order valence-corrected chi connectivity index (χ4v) is 4.05. The fraction of sp³-hybridized carbons (Fsp3) is 0.300. The number of piperidine rings is 1. The Kier molecular flexibility index (Phi) is 4.72. The minimum atomic E-state index is -4.74. The number of carbonyl (C=O) groups is 1. The Labute approximate surface area is 178 Å². The molecule has 2 aliphatic rings. The molecule has 1 amide bonds. The molecule has 0 bridgehead atoms. The number of nitrogens with zero attached hydrogens (tertiary/aromatic N) is 6. The molecule has 12 heteroatoms. The van der Waals surface area contributed by atoms with Gasteiger partial charge < -0.3 is 10.2 Å². The van der Waals surface area contributed by atoms with Crippen LogP contribution in [-0.4, -0.2) is 43.1 Å². The molecule has 1 N–H and O–H groups in total. The summed E-state index contributed by atoms with van der Waals surface area (Å²) < 4.78 is 53.5. The van der Waals surface area contributed by atoms with Crippen molar-refractivity contribution in [2.45, 2.75) is 31.1 Å². The molecule has 0 radical (unpaired) electrons. The first-order chi connectivity index (χ1) is 15.3. The van der Waals surface area contributed by atoms with E-state index in [2.05, 4.69) is 30.5 Å². The van der Waals surface area contributed by atoms with Crippen molar-refractivity contribution >= 4 is 17.5 Å². The van der Waals surface area contributed by atoms with Crippen LogP contribution in [0.15, 0.2) is 43.0 Å². The summed E-state index contributed by atoms with van der Waals surface area (Å²) in [5.74, 6) is -0.699. The summed E-state index contributed by atoms with van der Waals surface area (Å²) in [5, 5.41) is 10.5. The minimum Gasteiger partial charge on any atom is -0.340 e. The van der Waals surface area contributed by atoms with Crippen LogP contribution in [0.1, 0.15) is 18.4 Å².